The number of halogens is 2. The summed E-state index contributed by atoms with van der Waals surface area (Å²) in [6.45, 7) is 3.06. The van der Waals surface area contributed by atoms with Gasteiger partial charge in [0.1, 0.15) is 5.78 Å². The largest absolute Gasteiger partial charge is 0.412 e. The van der Waals surface area contributed by atoms with Gasteiger partial charge in [-0.3, -0.25) is 0 Å². The molecule has 0 fully saturated rings. The maximum atomic E-state index is 9.44. The molecule has 0 bridgehead atoms. The molecule has 4 heteroatoms. The van der Waals surface area contributed by atoms with Gasteiger partial charge >= 0.3 is 0 Å². The van der Waals surface area contributed by atoms with E-state index in [2.05, 4.69) is 0 Å². The molecule has 0 heterocycles. The zero-order valence-electron chi connectivity index (χ0n) is 4.87. The first kappa shape index (κ1) is 15.7. The molecule has 0 saturated carbocycles. The highest BCUT2D eigenvalue weighted by Crippen LogP contribution is 1.73. The van der Waals surface area contributed by atoms with E-state index in [4.69, 9.17) is 23.2 Å². The molecule has 0 aliphatic rings. The molecule has 0 unspecified atom stereocenters. The monoisotopic (exact) mass is 160 g/mol. The lowest BCUT2D eigenvalue weighted by atomic mass is 10.6. The van der Waals surface area contributed by atoms with E-state index in [1.54, 1.807) is 0 Å². The molecular weight excluding hydrogens is 151 g/mol. The summed E-state index contributed by atoms with van der Waals surface area (Å²) in [6.07, 6.45) is 0. The molecule has 2 nitrogen and oxygen atoms in total. The summed E-state index contributed by atoms with van der Waals surface area (Å²) in [4.78, 5) is 9.44. The third kappa shape index (κ3) is 3820. The van der Waals surface area contributed by atoms with Crippen molar-refractivity contribution in [2.24, 2.45) is 0 Å². The van der Waals surface area contributed by atoms with Gasteiger partial charge in [0.05, 0.1) is 5.34 Å². The first-order valence-electron chi connectivity index (χ1n) is 1.74. The zero-order chi connectivity index (χ0) is 6.28. The van der Waals surface area contributed by atoms with E-state index in [0.717, 1.165) is 0 Å². The van der Waals surface area contributed by atoms with E-state index in [-0.39, 0.29) is 16.6 Å². The maximum absolute atomic E-state index is 9.44. The van der Waals surface area contributed by atoms with Gasteiger partial charge in [-0.05, 0) is 13.8 Å². The van der Waals surface area contributed by atoms with Gasteiger partial charge in [-0.1, -0.05) is 0 Å². The van der Waals surface area contributed by atoms with Crippen molar-refractivity contribution in [1.82, 2.24) is 0 Å². The quantitative estimate of drug-likeness (QED) is 0.492. The predicted molar refractivity (Wildman–Crippen MR) is 36.5 cm³/mol. The van der Waals surface area contributed by atoms with Crippen molar-refractivity contribution < 1.29 is 10.3 Å². The number of alkyl halides is 2. The highest BCUT2D eigenvalue weighted by atomic mass is 35.5. The van der Waals surface area contributed by atoms with Crippen LogP contribution in [0, 0.1) is 0 Å². The first-order chi connectivity index (χ1) is 3.15. The summed E-state index contributed by atoms with van der Waals surface area (Å²) >= 11 is 9.53. The van der Waals surface area contributed by atoms with E-state index in [1.807, 2.05) is 0 Å². The van der Waals surface area contributed by atoms with Crippen molar-refractivity contribution in [3.63, 3.8) is 0 Å². The molecule has 0 saturated heterocycles. The van der Waals surface area contributed by atoms with Crippen molar-refractivity contribution in [3.8, 4) is 0 Å². The molecule has 0 amide bonds. The number of hydrogen-bond donors (Lipinski definition) is 0. The minimum atomic E-state index is 0. The van der Waals surface area contributed by atoms with Crippen LogP contribution in [-0.4, -0.2) is 16.6 Å². The maximum Gasteiger partial charge on any atom is 0.126 e. The standard InChI is InChI=1S/C3H6O.CH2Cl2.H2O/c1-3(2)4;2-1-3;/h1-2H3;1H2;1H2. The Balaban J connectivity index is -0.0000000575. The lowest BCUT2D eigenvalue weighted by Crippen LogP contribution is -1.69. The second-order valence-electron chi connectivity index (χ2n) is 1.01. The van der Waals surface area contributed by atoms with Crippen molar-refractivity contribution in [1.29, 1.82) is 0 Å². The van der Waals surface area contributed by atoms with E-state index in [0.29, 0.717) is 0 Å². The Morgan fingerprint density at radius 3 is 1.38 bits per heavy atom. The van der Waals surface area contributed by atoms with E-state index < -0.39 is 0 Å². The second-order valence-corrected chi connectivity index (χ2v) is 1.82. The van der Waals surface area contributed by atoms with Crippen LogP contribution >= 0.6 is 23.2 Å². The van der Waals surface area contributed by atoms with Crippen molar-refractivity contribution in [2.45, 2.75) is 13.8 Å². The molecule has 2 N–H and O–H groups in total. The number of carbonyl (C=O) groups is 1. The van der Waals surface area contributed by atoms with Crippen LogP contribution < -0.4 is 0 Å². The average molecular weight is 161 g/mol. The summed E-state index contributed by atoms with van der Waals surface area (Å²) in [7, 11) is 0. The number of carbonyl (C=O) groups excluding carboxylic acids is 1. The molecule has 8 heavy (non-hydrogen) atoms. The zero-order valence-corrected chi connectivity index (χ0v) is 6.38. The molecule has 0 atom stereocenters. The number of ketones is 1. The second kappa shape index (κ2) is 15.7. The first-order valence-corrected chi connectivity index (χ1v) is 2.81. The lowest BCUT2D eigenvalue weighted by Gasteiger charge is -1.56. The fourth-order valence-electron chi connectivity index (χ4n) is 0. The van der Waals surface area contributed by atoms with Crippen molar-refractivity contribution in [2.75, 3.05) is 5.34 Å². The van der Waals surface area contributed by atoms with Crippen LogP contribution in [0.25, 0.3) is 0 Å². The fourth-order valence-corrected chi connectivity index (χ4v) is 0. The topological polar surface area (TPSA) is 48.6 Å². The minimum Gasteiger partial charge on any atom is -0.412 e. The Hall–Kier alpha value is 0.210. The highest BCUT2D eigenvalue weighted by Gasteiger charge is 1.62. The van der Waals surface area contributed by atoms with Gasteiger partial charge in [-0.2, -0.15) is 0 Å². The van der Waals surface area contributed by atoms with Gasteiger partial charge < -0.3 is 10.3 Å². The number of rotatable bonds is 0. The van der Waals surface area contributed by atoms with Crippen molar-refractivity contribution in [3.05, 3.63) is 0 Å². The Morgan fingerprint density at radius 1 is 1.38 bits per heavy atom. The Labute approximate surface area is 59.1 Å². The van der Waals surface area contributed by atoms with Gasteiger partial charge in [0.25, 0.3) is 0 Å². The summed E-state index contributed by atoms with van der Waals surface area (Å²) < 4.78 is 0. The molecule has 0 spiro atoms. The van der Waals surface area contributed by atoms with Crippen LogP contribution in [-0.2, 0) is 4.79 Å². The average Bonchev–Trinajstić information content (AvgIpc) is 1.33. The predicted octanol–water partition coefficient (Wildman–Crippen LogP) is 1.19. The molecule has 0 aromatic heterocycles. The smallest absolute Gasteiger partial charge is 0.126 e. The number of hydrogen-bond acceptors (Lipinski definition) is 1. The summed E-state index contributed by atoms with van der Waals surface area (Å²) in [5, 5.41) is 0.194. The molecule has 0 radical (unpaired) electrons. The molecule has 0 aromatic carbocycles. The summed E-state index contributed by atoms with van der Waals surface area (Å²) in [5.74, 6) is 0.167. The lowest BCUT2D eigenvalue weighted by molar-refractivity contribution is -0.114. The van der Waals surface area contributed by atoms with Crippen LogP contribution in [0.15, 0.2) is 0 Å². The van der Waals surface area contributed by atoms with Crippen LogP contribution in [0.1, 0.15) is 13.8 Å². The number of Topliss-reactive ketones (excluding diaryl/α,β-unsaturated/α-hetero) is 1. The summed E-state index contributed by atoms with van der Waals surface area (Å²) in [6, 6.07) is 0. The van der Waals surface area contributed by atoms with Crippen LogP contribution in [0.5, 0.6) is 0 Å². The molecule has 0 aliphatic heterocycles. The van der Waals surface area contributed by atoms with E-state index in [1.165, 1.54) is 13.8 Å². The van der Waals surface area contributed by atoms with Gasteiger partial charge in [0.15, 0.2) is 0 Å². The minimum absolute atomic E-state index is 0. The SMILES string of the molecule is CC(C)=O.ClCCl.O. The Bertz CT molecular complexity index is 43.3. The van der Waals surface area contributed by atoms with Crippen LogP contribution in [0.4, 0.5) is 0 Å². The highest BCUT2D eigenvalue weighted by molar-refractivity contribution is 6.40. The van der Waals surface area contributed by atoms with Crippen LogP contribution in [0.2, 0.25) is 0 Å². The van der Waals surface area contributed by atoms with Crippen LogP contribution in [0.3, 0.4) is 0 Å². The molecule has 0 aromatic rings. The fraction of sp³-hybridized carbons (Fsp3) is 0.750. The van der Waals surface area contributed by atoms with Gasteiger partial charge in [-0.25, -0.2) is 0 Å². The van der Waals surface area contributed by atoms with E-state index >= 15 is 0 Å². The van der Waals surface area contributed by atoms with Crippen molar-refractivity contribution >= 4 is 29.0 Å². The van der Waals surface area contributed by atoms with E-state index in [9.17, 15) is 4.79 Å². The normalized spacial score (nSPS) is 5.50. The third-order valence-electron chi connectivity index (χ3n) is 0. The Morgan fingerprint density at radius 2 is 1.38 bits per heavy atom. The van der Waals surface area contributed by atoms with Gasteiger partial charge in [-0.15, -0.1) is 23.2 Å². The third-order valence-corrected chi connectivity index (χ3v) is 0. The molecular formula is C4H10Cl2O2. The molecule has 52 valence electrons. The van der Waals surface area contributed by atoms with Gasteiger partial charge in [0, 0.05) is 0 Å². The molecule has 0 aliphatic carbocycles. The molecule has 0 rings (SSSR count). The summed E-state index contributed by atoms with van der Waals surface area (Å²) in [5.41, 5.74) is 0. The Kier molecular flexibility index (Phi) is 30.8. The van der Waals surface area contributed by atoms with Gasteiger partial charge in [0.2, 0.25) is 0 Å².